The zero-order chi connectivity index (χ0) is 19.0. The fourth-order valence-corrected chi connectivity index (χ4v) is 4.91. The Bertz CT molecular complexity index is 664. The van der Waals surface area contributed by atoms with Crippen LogP contribution in [0.25, 0.3) is 0 Å². The van der Waals surface area contributed by atoms with Gasteiger partial charge in [-0.05, 0) is 24.8 Å². The number of amides is 1. The Kier molecular flexibility index (Phi) is 8.06. The van der Waals surface area contributed by atoms with Crippen molar-refractivity contribution in [3.63, 3.8) is 0 Å². The number of sulfonamides is 1. The molecule has 1 fully saturated rings. The molecule has 0 radical (unpaired) electrons. The summed E-state index contributed by atoms with van der Waals surface area (Å²) >= 11 is 0. The van der Waals surface area contributed by atoms with Crippen LogP contribution in [0.4, 0.5) is 0 Å². The molecule has 1 amide bonds. The summed E-state index contributed by atoms with van der Waals surface area (Å²) in [4.78, 5) is 12.6. The third-order valence-corrected chi connectivity index (χ3v) is 6.69. The summed E-state index contributed by atoms with van der Waals surface area (Å²) in [5, 5.41) is 3.01. The molecule has 6 nitrogen and oxygen atoms in total. The molecule has 0 saturated carbocycles. The van der Waals surface area contributed by atoms with Crippen LogP contribution in [0.5, 0.6) is 0 Å². The molecule has 0 aliphatic carbocycles. The second-order valence-electron chi connectivity index (χ2n) is 7.02. The number of hydrogen-bond donors (Lipinski definition) is 2. The van der Waals surface area contributed by atoms with Gasteiger partial charge in [0.25, 0.3) is 0 Å². The van der Waals surface area contributed by atoms with Gasteiger partial charge in [-0.15, -0.1) is 0 Å². The van der Waals surface area contributed by atoms with Crippen molar-refractivity contribution in [3.8, 4) is 0 Å². The van der Waals surface area contributed by atoms with Crippen LogP contribution in [-0.4, -0.2) is 44.3 Å². The highest BCUT2D eigenvalue weighted by Crippen LogP contribution is 2.22. The van der Waals surface area contributed by atoms with E-state index in [1.54, 1.807) is 0 Å². The lowest BCUT2D eigenvalue weighted by Gasteiger charge is -2.32. The molecule has 3 N–H and O–H groups in total. The lowest BCUT2D eigenvalue weighted by molar-refractivity contribution is -0.126. The zero-order valence-corrected chi connectivity index (χ0v) is 16.4. The Morgan fingerprint density at radius 2 is 2.08 bits per heavy atom. The summed E-state index contributed by atoms with van der Waals surface area (Å²) in [6.07, 6.45) is 4.36. The molecule has 1 aromatic carbocycles. The quantitative estimate of drug-likeness (QED) is 0.683. The minimum absolute atomic E-state index is 0.0237. The van der Waals surface area contributed by atoms with Crippen LogP contribution in [0.2, 0.25) is 0 Å². The molecule has 26 heavy (non-hydrogen) atoms. The van der Waals surface area contributed by atoms with E-state index in [1.165, 1.54) is 4.31 Å². The first-order chi connectivity index (χ1) is 12.5. The number of piperidine rings is 1. The highest BCUT2D eigenvalue weighted by Gasteiger charge is 2.32. The second-order valence-corrected chi connectivity index (χ2v) is 8.99. The van der Waals surface area contributed by atoms with E-state index in [1.807, 2.05) is 30.3 Å². The Labute approximate surface area is 157 Å². The standard InChI is InChI=1S/C19H31N3O3S/c1-2-3-11-18(13-20)21-19(23)17-10-7-12-22(14-17)26(24,25)15-16-8-5-4-6-9-16/h4-6,8-9,17-18H,2-3,7,10-15,20H2,1H3,(H,21,23). The maximum absolute atomic E-state index is 12.7. The number of nitrogens with one attached hydrogen (secondary N) is 1. The number of carbonyl (C=O) groups excluding carboxylic acids is 1. The van der Waals surface area contributed by atoms with Crippen LogP contribution in [0.15, 0.2) is 30.3 Å². The van der Waals surface area contributed by atoms with E-state index in [9.17, 15) is 13.2 Å². The number of hydrogen-bond acceptors (Lipinski definition) is 4. The molecule has 0 spiro atoms. The summed E-state index contributed by atoms with van der Waals surface area (Å²) in [5.41, 5.74) is 6.52. The Balaban J connectivity index is 1.96. The summed E-state index contributed by atoms with van der Waals surface area (Å²) in [5.74, 6) is -0.398. The van der Waals surface area contributed by atoms with E-state index in [-0.39, 0.29) is 30.2 Å². The lowest BCUT2D eigenvalue weighted by Crippen LogP contribution is -2.49. The molecule has 1 aromatic rings. The smallest absolute Gasteiger partial charge is 0.224 e. The van der Waals surface area contributed by atoms with Crippen molar-refractivity contribution in [2.75, 3.05) is 19.6 Å². The topological polar surface area (TPSA) is 92.5 Å². The molecule has 1 aliphatic heterocycles. The van der Waals surface area contributed by atoms with Gasteiger partial charge in [0.05, 0.1) is 11.7 Å². The monoisotopic (exact) mass is 381 g/mol. The molecule has 2 rings (SSSR count). The van der Waals surface area contributed by atoms with Gasteiger partial charge in [-0.2, -0.15) is 0 Å². The van der Waals surface area contributed by atoms with Crippen LogP contribution >= 0.6 is 0 Å². The molecular formula is C19H31N3O3S. The fraction of sp³-hybridized carbons (Fsp3) is 0.632. The Morgan fingerprint density at radius 1 is 1.35 bits per heavy atom. The van der Waals surface area contributed by atoms with Gasteiger partial charge in [-0.3, -0.25) is 4.79 Å². The van der Waals surface area contributed by atoms with E-state index in [0.29, 0.717) is 25.9 Å². The molecule has 146 valence electrons. The predicted molar refractivity (Wildman–Crippen MR) is 104 cm³/mol. The van der Waals surface area contributed by atoms with E-state index in [2.05, 4.69) is 12.2 Å². The number of rotatable bonds is 9. The molecular weight excluding hydrogens is 350 g/mol. The van der Waals surface area contributed by atoms with E-state index >= 15 is 0 Å². The molecule has 7 heteroatoms. The van der Waals surface area contributed by atoms with Gasteiger partial charge in [-0.25, -0.2) is 12.7 Å². The van der Waals surface area contributed by atoms with Crippen molar-refractivity contribution in [1.82, 2.24) is 9.62 Å². The first kappa shape index (κ1) is 20.9. The van der Waals surface area contributed by atoms with Gasteiger partial charge in [-0.1, -0.05) is 50.1 Å². The van der Waals surface area contributed by atoms with Crippen molar-refractivity contribution in [1.29, 1.82) is 0 Å². The average Bonchev–Trinajstić information content (AvgIpc) is 2.65. The third kappa shape index (κ3) is 6.07. The number of unbranched alkanes of at least 4 members (excludes halogenated alkanes) is 1. The number of nitrogens with two attached hydrogens (primary N) is 1. The van der Waals surface area contributed by atoms with E-state index < -0.39 is 10.0 Å². The largest absolute Gasteiger partial charge is 0.352 e. The molecule has 2 unspecified atom stereocenters. The highest BCUT2D eigenvalue weighted by atomic mass is 32.2. The van der Waals surface area contributed by atoms with Crippen LogP contribution in [0, 0.1) is 5.92 Å². The van der Waals surface area contributed by atoms with Crippen molar-refractivity contribution < 1.29 is 13.2 Å². The Hall–Kier alpha value is -1.44. The maximum Gasteiger partial charge on any atom is 0.224 e. The van der Waals surface area contributed by atoms with Crippen LogP contribution in [0.3, 0.4) is 0 Å². The zero-order valence-electron chi connectivity index (χ0n) is 15.6. The SMILES string of the molecule is CCCCC(CN)NC(=O)C1CCCN(S(=O)(=O)Cc2ccccc2)C1. The summed E-state index contributed by atoms with van der Waals surface area (Å²) < 4.78 is 26.9. The van der Waals surface area contributed by atoms with Crippen LogP contribution < -0.4 is 11.1 Å². The number of nitrogens with zero attached hydrogens (tertiary/aromatic N) is 1. The van der Waals surface area contributed by atoms with Gasteiger partial charge in [0, 0.05) is 25.7 Å². The lowest BCUT2D eigenvalue weighted by atomic mass is 9.98. The first-order valence-corrected chi connectivity index (χ1v) is 11.1. The van der Waals surface area contributed by atoms with E-state index in [0.717, 1.165) is 24.8 Å². The molecule has 1 aliphatic rings. The summed E-state index contributed by atoms with van der Waals surface area (Å²) in [6.45, 7) is 3.25. The fourth-order valence-electron chi connectivity index (χ4n) is 3.30. The van der Waals surface area contributed by atoms with Crippen molar-refractivity contribution in [3.05, 3.63) is 35.9 Å². The second kappa shape index (κ2) is 10.0. The van der Waals surface area contributed by atoms with Crippen LogP contribution in [-0.2, 0) is 20.6 Å². The van der Waals surface area contributed by atoms with Gasteiger partial charge in [0.1, 0.15) is 0 Å². The number of carbonyl (C=O) groups is 1. The Morgan fingerprint density at radius 3 is 2.73 bits per heavy atom. The minimum Gasteiger partial charge on any atom is -0.352 e. The maximum atomic E-state index is 12.7. The predicted octanol–water partition coefficient (Wildman–Crippen LogP) is 1.86. The van der Waals surface area contributed by atoms with Gasteiger partial charge in [0.2, 0.25) is 15.9 Å². The van der Waals surface area contributed by atoms with Crippen molar-refractivity contribution in [2.45, 2.75) is 50.8 Å². The summed E-state index contributed by atoms with van der Waals surface area (Å²) in [6, 6.07) is 9.13. The molecule has 2 atom stereocenters. The van der Waals surface area contributed by atoms with Crippen molar-refractivity contribution >= 4 is 15.9 Å². The normalized spacial score (nSPS) is 19.8. The minimum atomic E-state index is -3.42. The average molecular weight is 382 g/mol. The van der Waals surface area contributed by atoms with Gasteiger partial charge < -0.3 is 11.1 Å². The third-order valence-electron chi connectivity index (χ3n) is 4.88. The molecule has 1 heterocycles. The molecule has 0 bridgehead atoms. The van der Waals surface area contributed by atoms with E-state index in [4.69, 9.17) is 5.73 Å². The van der Waals surface area contributed by atoms with Crippen LogP contribution in [0.1, 0.15) is 44.6 Å². The highest BCUT2D eigenvalue weighted by molar-refractivity contribution is 7.88. The van der Waals surface area contributed by atoms with Crippen molar-refractivity contribution in [2.24, 2.45) is 11.7 Å². The van der Waals surface area contributed by atoms with Gasteiger partial charge in [0.15, 0.2) is 0 Å². The molecule has 1 saturated heterocycles. The molecule has 0 aromatic heterocycles. The number of benzene rings is 1. The first-order valence-electron chi connectivity index (χ1n) is 9.48. The van der Waals surface area contributed by atoms with Gasteiger partial charge >= 0.3 is 0 Å². The summed E-state index contributed by atoms with van der Waals surface area (Å²) in [7, 11) is -3.42.